The maximum atomic E-state index is 11.6. The lowest BCUT2D eigenvalue weighted by Gasteiger charge is -2.28. The van der Waals surface area contributed by atoms with Gasteiger partial charge in [0.05, 0.1) is 10.2 Å². The first-order chi connectivity index (χ1) is 6.88. The highest BCUT2D eigenvalue weighted by Gasteiger charge is 2.36. The van der Waals surface area contributed by atoms with Gasteiger partial charge >= 0.3 is 0 Å². The number of alkyl halides is 1. The van der Waals surface area contributed by atoms with Crippen molar-refractivity contribution in [1.82, 2.24) is 10.2 Å². The first-order valence-electron chi connectivity index (χ1n) is 5.03. The van der Waals surface area contributed by atoms with E-state index in [-0.39, 0.29) is 16.6 Å². The highest BCUT2D eigenvalue weighted by Crippen LogP contribution is 2.24. The zero-order valence-corrected chi connectivity index (χ0v) is 10.9. The molecule has 86 valence electrons. The molecule has 0 aromatic rings. The van der Waals surface area contributed by atoms with E-state index in [0.717, 1.165) is 13.0 Å². The van der Waals surface area contributed by atoms with Gasteiger partial charge in [0, 0.05) is 20.1 Å². The number of likely N-dealkylation sites (tertiary alicyclic amines) is 1. The van der Waals surface area contributed by atoms with E-state index < -0.39 is 5.41 Å². The van der Waals surface area contributed by atoms with Crippen molar-refractivity contribution in [1.29, 1.82) is 0 Å². The number of hydrogen-bond donors (Lipinski definition) is 1. The van der Waals surface area contributed by atoms with Gasteiger partial charge in [-0.15, -0.1) is 0 Å². The fourth-order valence-electron chi connectivity index (χ4n) is 1.75. The molecule has 1 rings (SSSR count). The molecular weight excluding hydrogens is 260 g/mol. The number of rotatable bonds is 3. The second-order valence-corrected chi connectivity index (χ2v) is 5.58. The van der Waals surface area contributed by atoms with Crippen LogP contribution in [0.4, 0.5) is 0 Å². The molecule has 1 fully saturated rings. The molecule has 1 aliphatic heterocycles. The molecule has 0 spiro atoms. The van der Waals surface area contributed by atoms with Gasteiger partial charge in [-0.3, -0.25) is 9.59 Å². The predicted molar refractivity (Wildman–Crippen MR) is 61.8 cm³/mol. The van der Waals surface area contributed by atoms with E-state index >= 15 is 0 Å². The summed E-state index contributed by atoms with van der Waals surface area (Å²) in [4.78, 5) is 24.9. The highest BCUT2D eigenvalue weighted by molar-refractivity contribution is 9.10. The van der Waals surface area contributed by atoms with Gasteiger partial charge < -0.3 is 10.2 Å². The molecule has 15 heavy (non-hydrogen) atoms. The third kappa shape index (κ3) is 2.71. The first-order valence-corrected chi connectivity index (χ1v) is 5.95. The first kappa shape index (κ1) is 12.5. The minimum absolute atomic E-state index is 0.0340. The molecule has 1 N–H and O–H groups in total. The van der Waals surface area contributed by atoms with E-state index in [9.17, 15) is 9.59 Å². The van der Waals surface area contributed by atoms with Crippen molar-refractivity contribution in [2.24, 2.45) is 5.41 Å². The van der Waals surface area contributed by atoms with E-state index in [4.69, 9.17) is 0 Å². The Bertz CT molecular complexity index is 279. The van der Waals surface area contributed by atoms with Crippen LogP contribution in [0.25, 0.3) is 0 Å². The van der Waals surface area contributed by atoms with Gasteiger partial charge in [-0.2, -0.15) is 0 Å². The summed E-state index contributed by atoms with van der Waals surface area (Å²) in [6.45, 7) is 4.91. The quantitative estimate of drug-likeness (QED) is 0.774. The Kier molecular flexibility index (Phi) is 3.76. The molecule has 0 bridgehead atoms. The van der Waals surface area contributed by atoms with Gasteiger partial charge in [0.2, 0.25) is 11.8 Å². The topological polar surface area (TPSA) is 49.4 Å². The van der Waals surface area contributed by atoms with Crippen LogP contribution in [0.2, 0.25) is 0 Å². The third-order valence-electron chi connectivity index (χ3n) is 2.66. The minimum atomic E-state index is -0.526. The van der Waals surface area contributed by atoms with Crippen molar-refractivity contribution in [3.63, 3.8) is 0 Å². The Balaban J connectivity index is 2.62. The molecule has 1 unspecified atom stereocenters. The SMILES string of the molecule is CNC(=O)C(C)(C)CN1CCC(Br)C1=O. The van der Waals surface area contributed by atoms with Crippen molar-refractivity contribution in [3.8, 4) is 0 Å². The summed E-state index contributed by atoms with van der Waals surface area (Å²) in [6, 6.07) is 0. The normalized spacial score (nSPS) is 22.0. The second-order valence-electron chi connectivity index (χ2n) is 4.48. The number of halogens is 1. The summed E-state index contributed by atoms with van der Waals surface area (Å²) in [6.07, 6.45) is 0.822. The second kappa shape index (κ2) is 4.51. The number of nitrogens with zero attached hydrogens (tertiary/aromatic N) is 1. The Labute approximate surface area is 98.5 Å². The molecule has 0 aromatic carbocycles. The van der Waals surface area contributed by atoms with E-state index in [2.05, 4.69) is 21.2 Å². The molecule has 1 heterocycles. The number of carbonyl (C=O) groups is 2. The largest absolute Gasteiger partial charge is 0.359 e. The van der Waals surface area contributed by atoms with Crippen LogP contribution in [0.15, 0.2) is 0 Å². The van der Waals surface area contributed by atoms with Crippen LogP contribution < -0.4 is 5.32 Å². The molecule has 2 amide bonds. The Morgan fingerprint density at radius 3 is 2.67 bits per heavy atom. The van der Waals surface area contributed by atoms with Crippen LogP contribution in [-0.2, 0) is 9.59 Å². The van der Waals surface area contributed by atoms with E-state index in [1.165, 1.54) is 0 Å². The fourth-order valence-corrected chi connectivity index (χ4v) is 2.24. The van der Waals surface area contributed by atoms with Gasteiger partial charge in [0.1, 0.15) is 0 Å². The smallest absolute Gasteiger partial charge is 0.236 e. The lowest BCUT2D eigenvalue weighted by molar-refractivity contribution is -0.133. The fraction of sp³-hybridized carbons (Fsp3) is 0.800. The van der Waals surface area contributed by atoms with Gasteiger partial charge in [-0.05, 0) is 20.3 Å². The lowest BCUT2D eigenvalue weighted by Crippen LogP contribution is -2.44. The van der Waals surface area contributed by atoms with Gasteiger partial charge in [-0.25, -0.2) is 0 Å². The monoisotopic (exact) mass is 276 g/mol. The van der Waals surface area contributed by atoms with Crippen molar-refractivity contribution in [3.05, 3.63) is 0 Å². The molecule has 5 heteroatoms. The van der Waals surface area contributed by atoms with Gasteiger partial charge in [-0.1, -0.05) is 15.9 Å². The minimum Gasteiger partial charge on any atom is -0.359 e. The standard InChI is InChI=1S/C10H17BrN2O2/c1-10(2,9(15)12-3)6-13-5-4-7(11)8(13)14/h7H,4-6H2,1-3H3,(H,12,15). The molecular formula is C10H17BrN2O2. The molecule has 1 saturated heterocycles. The van der Waals surface area contributed by atoms with Crippen LogP contribution in [0, 0.1) is 5.41 Å². The van der Waals surface area contributed by atoms with Crippen LogP contribution in [0.5, 0.6) is 0 Å². The molecule has 4 nitrogen and oxygen atoms in total. The van der Waals surface area contributed by atoms with Crippen LogP contribution in [-0.4, -0.2) is 41.7 Å². The molecule has 1 atom stereocenters. The van der Waals surface area contributed by atoms with Crippen LogP contribution in [0.1, 0.15) is 20.3 Å². The molecule has 0 aromatic heterocycles. The molecule has 0 aliphatic carbocycles. The summed E-state index contributed by atoms with van der Waals surface area (Å²) in [5.74, 6) is 0.0558. The maximum Gasteiger partial charge on any atom is 0.236 e. The lowest BCUT2D eigenvalue weighted by atomic mass is 9.91. The van der Waals surface area contributed by atoms with Gasteiger partial charge in [0.25, 0.3) is 0 Å². The Morgan fingerprint density at radius 1 is 1.67 bits per heavy atom. The summed E-state index contributed by atoms with van der Waals surface area (Å²) in [5.41, 5.74) is -0.526. The zero-order chi connectivity index (χ0) is 11.6. The average Bonchev–Trinajstić information content (AvgIpc) is 2.48. The number of amides is 2. The van der Waals surface area contributed by atoms with Crippen molar-refractivity contribution in [2.75, 3.05) is 20.1 Å². The maximum absolute atomic E-state index is 11.6. The van der Waals surface area contributed by atoms with Gasteiger partial charge in [0.15, 0.2) is 0 Å². The van der Waals surface area contributed by atoms with E-state index in [0.29, 0.717) is 6.54 Å². The van der Waals surface area contributed by atoms with Crippen molar-refractivity contribution >= 4 is 27.7 Å². The van der Waals surface area contributed by atoms with Crippen molar-refractivity contribution < 1.29 is 9.59 Å². The van der Waals surface area contributed by atoms with E-state index in [1.54, 1.807) is 11.9 Å². The number of carbonyl (C=O) groups excluding carboxylic acids is 2. The summed E-state index contributed by atoms with van der Waals surface area (Å²) >= 11 is 3.31. The van der Waals surface area contributed by atoms with Crippen LogP contribution >= 0.6 is 15.9 Å². The molecule has 0 saturated carbocycles. The number of nitrogens with one attached hydrogen (secondary N) is 1. The predicted octanol–water partition coefficient (Wildman–Crippen LogP) is 0.754. The molecule has 1 aliphatic rings. The highest BCUT2D eigenvalue weighted by atomic mass is 79.9. The Morgan fingerprint density at radius 2 is 2.27 bits per heavy atom. The third-order valence-corrected chi connectivity index (χ3v) is 3.51. The summed E-state index contributed by atoms with van der Waals surface area (Å²) in [7, 11) is 1.61. The molecule has 0 radical (unpaired) electrons. The van der Waals surface area contributed by atoms with E-state index in [1.807, 2.05) is 13.8 Å². The zero-order valence-electron chi connectivity index (χ0n) is 9.34. The van der Waals surface area contributed by atoms with Crippen LogP contribution in [0.3, 0.4) is 0 Å². The summed E-state index contributed by atoms with van der Waals surface area (Å²) < 4.78 is 0. The van der Waals surface area contributed by atoms with Crippen molar-refractivity contribution in [2.45, 2.75) is 25.1 Å². The average molecular weight is 277 g/mol. The number of hydrogen-bond acceptors (Lipinski definition) is 2. The summed E-state index contributed by atoms with van der Waals surface area (Å²) in [5, 5.41) is 2.62. The Hall–Kier alpha value is -0.580.